The van der Waals surface area contributed by atoms with Crippen molar-refractivity contribution in [1.29, 1.82) is 0 Å². The Labute approximate surface area is 100 Å². The van der Waals surface area contributed by atoms with Gasteiger partial charge in [-0.25, -0.2) is 0 Å². The zero-order valence-electron chi connectivity index (χ0n) is 11.3. The van der Waals surface area contributed by atoms with E-state index in [1.54, 1.807) is 0 Å². The molecule has 96 valence electrons. The summed E-state index contributed by atoms with van der Waals surface area (Å²) in [6.45, 7) is 9.72. The van der Waals surface area contributed by atoms with Gasteiger partial charge in [0.25, 0.3) is 0 Å². The molecular weight excluding hydrogens is 200 g/mol. The maximum Gasteiger partial charge on any atom is 0.222 e. The molecule has 0 aliphatic rings. The smallest absolute Gasteiger partial charge is 0.222 e. The summed E-state index contributed by atoms with van der Waals surface area (Å²) in [5.74, 6) is 0.288. The van der Waals surface area contributed by atoms with Crippen molar-refractivity contribution in [1.82, 2.24) is 5.32 Å². The van der Waals surface area contributed by atoms with Crippen LogP contribution in [0.25, 0.3) is 0 Å². The molecule has 0 heterocycles. The van der Waals surface area contributed by atoms with Gasteiger partial charge in [-0.1, -0.05) is 34.1 Å². The average molecular weight is 228 g/mol. The Bertz CT molecular complexity index is 192. The van der Waals surface area contributed by atoms with Gasteiger partial charge >= 0.3 is 0 Å². The average Bonchev–Trinajstić information content (AvgIpc) is 2.31. The Morgan fingerprint density at radius 2 is 1.88 bits per heavy atom. The first-order chi connectivity index (χ1) is 7.55. The summed E-state index contributed by atoms with van der Waals surface area (Å²) in [6.07, 6.45) is 4.04. The van der Waals surface area contributed by atoms with Crippen LogP contribution in [0.5, 0.6) is 0 Å². The van der Waals surface area contributed by atoms with Crippen molar-refractivity contribution < 1.29 is 4.79 Å². The lowest BCUT2D eigenvalue weighted by atomic mass is 9.82. The fourth-order valence-electron chi connectivity index (χ4n) is 1.87. The lowest BCUT2D eigenvalue weighted by Crippen LogP contribution is -2.43. The zero-order valence-corrected chi connectivity index (χ0v) is 11.3. The number of nitrogens with two attached hydrogens (primary N) is 1. The highest BCUT2D eigenvalue weighted by molar-refractivity contribution is 5.78. The minimum atomic E-state index is 0.0849. The molecular formula is C13H28N2O. The molecule has 0 radical (unpaired) electrons. The van der Waals surface area contributed by atoms with Gasteiger partial charge in [-0.3, -0.25) is 4.79 Å². The van der Waals surface area contributed by atoms with Gasteiger partial charge in [-0.2, -0.15) is 0 Å². The third-order valence-electron chi connectivity index (χ3n) is 3.74. The van der Waals surface area contributed by atoms with E-state index in [4.69, 9.17) is 5.73 Å². The molecule has 3 N–H and O–H groups in total. The van der Waals surface area contributed by atoms with Crippen molar-refractivity contribution in [2.45, 2.75) is 53.4 Å². The molecule has 3 heteroatoms. The second-order valence-electron chi connectivity index (χ2n) is 4.82. The van der Waals surface area contributed by atoms with E-state index >= 15 is 0 Å². The van der Waals surface area contributed by atoms with Crippen LogP contribution in [0.4, 0.5) is 0 Å². The summed E-state index contributed by atoms with van der Waals surface area (Å²) in [7, 11) is 0. The van der Waals surface area contributed by atoms with Crippen LogP contribution in [0.1, 0.15) is 53.4 Å². The lowest BCUT2D eigenvalue weighted by molar-refractivity contribution is -0.125. The normalized spacial score (nSPS) is 13.6. The third-order valence-corrected chi connectivity index (χ3v) is 3.74. The van der Waals surface area contributed by atoms with Crippen molar-refractivity contribution in [2.75, 3.05) is 13.1 Å². The number of nitrogens with one attached hydrogen (secondary N) is 1. The number of hydrogen-bond donors (Lipinski definition) is 2. The lowest BCUT2D eigenvalue weighted by Gasteiger charge is -2.30. The maximum atomic E-state index is 11.8. The molecule has 0 aromatic rings. The molecule has 1 unspecified atom stereocenters. The highest BCUT2D eigenvalue weighted by Gasteiger charge is 2.25. The van der Waals surface area contributed by atoms with Crippen molar-refractivity contribution in [3.63, 3.8) is 0 Å². The van der Waals surface area contributed by atoms with Gasteiger partial charge in [0.05, 0.1) is 0 Å². The standard InChI is InChI=1S/C13H28N2O/c1-5-8-11(4)12(16)15-10-13(6-2,7-3)9-14/h11H,5-10,14H2,1-4H3,(H,15,16). The summed E-state index contributed by atoms with van der Waals surface area (Å²) < 4.78 is 0. The van der Waals surface area contributed by atoms with Crippen LogP contribution in [0.2, 0.25) is 0 Å². The molecule has 0 saturated carbocycles. The van der Waals surface area contributed by atoms with Gasteiger partial charge < -0.3 is 11.1 Å². The first-order valence-corrected chi connectivity index (χ1v) is 6.53. The van der Waals surface area contributed by atoms with E-state index in [2.05, 4.69) is 26.1 Å². The van der Waals surface area contributed by atoms with E-state index in [0.717, 1.165) is 25.7 Å². The van der Waals surface area contributed by atoms with E-state index in [9.17, 15) is 4.79 Å². The Balaban J connectivity index is 4.15. The second-order valence-corrected chi connectivity index (χ2v) is 4.82. The van der Waals surface area contributed by atoms with E-state index in [-0.39, 0.29) is 17.2 Å². The van der Waals surface area contributed by atoms with E-state index in [1.165, 1.54) is 0 Å². The fourth-order valence-corrected chi connectivity index (χ4v) is 1.87. The van der Waals surface area contributed by atoms with Crippen LogP contribution in [0, 0.1) is 11.3 Å². The molecule has 3 nitrogen and oxygen atoms in total. The summed E-state index contributed by atoms with van der Waals surface area (Å²) in [5, 5.41) is 3.04. The van der Waals surface area contributed by atoms with Crippen LogP contribution in [-0.4, -0.2) is 19.0 Å². The molecule has 1 atom stereocenters. The predicted molar refractivity (Wildman–Crippen MR) is 69.2 cm³/mol. The predicted octanol–water partition coefficient (Wildman–Crippen LogP) is 2.30. The molecule has 0 rings (SSSR count). The fraction of sp³-hybridized carbons (Fsp3) is 0.923. The van der Waals surface area contributed by atoms with Crippen molar-refractivity contribution in [3.05, 3.63) is 0 Å². The van der Waals surface area contributed by atoms with Crippen molar-refractivity contribution in [2.24, 2.45) is 17.1 Å². The van der Waals surface area contributed by atoms with Crippen molar-refractivity contribution in [3.8, 4) is 0 Å². The quantitative estimate of drug-likeness (QED) is 0.670. The molecule has 0 aliphatic heterocycles. The first-order valence-electron chi connectivity index (χ1n) is 6.53. The topological polar surface area (TPSA) is 55.1 Å². The maximum absolute atomic E-state index is 11.8. The number of carbonyl (C=O) groups is 1. The Morgan fingerprint density at radius 1 is 1.31 bits per heavy atom. The van der Waals surface area contributed by atoms with E-state index < -0.39 is 0 Å². The Morgan fingerprint density at radius 3 is 2.25 bits per heavy atom. The highest BCUT2D eigenvalue weighted by Crippen LogP contribution is 2.23. The second kappa shape index (κ2) is 7.66. The van der Waals surface area contributed by atoms with Crippen molar-refractivity contribution >= 4 is 5.91 Å². The summed E-state index contributed by atoms with van der Waals surface area (Å²) in [6, 6.07) is 0. The molecule has 0 aromatic carbocycles. The van der Waals surface area contributed by atoms with Gasteiger partial charge in [0, 0.05) is 12.5 Å². The van der Waals surface area contributed by atoms with Crippen LogP contribution in [-0.2, 0) is 4.79 Å². The van der Waals surface area contributed by atoms with Gasteiger partial charge in [0.15, 0.2) is 0 Å². The number of carbonyl (C=O) groups excluding carboxylic acids is 1. The number of hydrogen-bond acceptors (Lipinski definition) is 2. The first kappa shape index (κ1) is 15.4. The molecule has 0 fully saturated rings. The molecule has 0 aliphatic carbocycles. The van der Waals surface area contributed by atoms with E-state index in [1.807, 2.05) is 6.92 Å². The van der Waals surface area contributed by atoms with E-state index in [0.29, 0.717) is 13.1 Å². The third kappa shape index (κ3) is 4.52. The summed E-state index contributed by atoms with van der Waals surface area (Å²) >= 11 is 0. The molecule has 1 amide bonds. The van der Waals surface area contributed by atoms with Crippen LogP contribution < -0.4 is 11.1 Å². The van der Waals surface area contributed by atoms with Crippen LogP contribution in [0.3, 0.4) is 0 Å². The summed E-state index contributed by atoms with van der Waals surface area (Å²) in [5.41, 5.74) is 5.88. The molecule has 0 bridgehead atoms. The molecule has 0 spiro atoms. The SMILES string of the molecule is CCCC(C)C(=O)NCC(CC)(CC)CN. The molecule has 0 aromatic heterocycles. The van der Waals surface area contributed by atoms with Gasteiger partial charge in [0.2, 0.25) is 5.91 Å². The van der Waals surface area contributed by atoms with Crippen LogP contribution >= 0.6 is 0 Å². The highest BCUT2D eigenvalue weighted by atomic mass is 16.1. The number of amides is 1. The van der Waals surface area contributed by atoms with Gasteiger partial charge in [0.1, 0.15) is 0 Å². The molecule has 0 saturated heterocycles. The van der Waals surface area contributed by atoms with Crippen LogP contribution in [0.15, 0.2) is 0 Å². The monoisotopic (exact) mass is 228 g/mol. The number of rotatable bonds is 8. The minimum Gasteiger partial charge on any atom is -0.355 e. The largest absolute Gasteiger partial charge is 0.355 e. The molecule has 16 heavy (non-hydrogen) atoms. The Kier molecular flexibility index (Phi) is 7.39. The van der Waals surface area contributed by atoms with Gasteiger partial charge in [-0.15, -0.1) is 0 Å². The minimum absolute atomic E-state index is 0.0849. The Hall–Kier alpha value is -0.570. The van der Waals surface area contributed by atoms with Gasteiger partial charge in [-0.05, 0) is 31.2 Å². The summed E-state index contributed by atoms with van der Waals surface area (Å²) in [4.78, 5) is 11.8. The zero-order chi connectivity index (χ0) is 12.6.